The van der Waals surface area contributed by atoms with Crippen LogP contribution in [0.4, 0.5) is 70.2 Å². The van der Waals surface area contributed by atoms with Gasteiger partial charge in [0.05, 0.1) is 6.61 Å². The third-order valence-corrected chi connectivity index (χ3v) is 4.59. The van der Waals surface area contributed by atoms with E-state index in [0.717, 1.165) is 0 Å². The molecule has 1 aliphatic heterocycles. The van der Waals surface area contributed by atoms with Gasteiger partial charge in [0, 0.05) is 0 Å². The zero-order valence-electron chi connectivity index (χ0n) is 14.4. The second kappa shape index (κ2) is 7.58. The molecule has 0 radical (unpaired) electrons. The number of rotatable bonds is 8. The number of ether oxygens (including phenoxy) is 1. The van der Waals surface area contributed by atoms with Gasteiger partial charge >= 0.3 is 52.8 Å². The van der Waals surface area contributed by atoms with Crippen molar-refractivity contribution in [1.29, 1.82) is 0 Å². The highest BCUT2D eigenvalue weighted by atomic mass is 35.5. The molecule has 0 aromatic rings. The van der Waals surface area contributed by atoms with E-state index in [2.05, 4.69) is 16.3 Å². The molecule has 0 amide bonds. The Morgan fingerprint density at radius 3 is 1.31 bits per heavy atom. The number of hydrogen-bond acceptors (Lipinski definition) is 2. The van der Waals surface area contributed by atoms with Crippen molar-refractivity contribution in [3.63, 3.8) is 0 Å². The maximum atomic E-state index is 13.9. The van der Waals surface area contributed by atoms with Gasteiger partial charge in [-0.3, -0.25) is 4.79 Å². The molecule has 1 fully saturated rings. The Labute approximate surface area is 170 Å². The molecule has 0 saturated carbocycles. The molecule has 1 rings (SSSR count). The van der Waals surface area contributed by atoms with E-state index in [4.69, 9.17) is 0 Å². The maximum absolute atomic E-state index is 13.9. The first kappa shape index (κ1) is 28.7. The van der Waals surface area contributed by atoms with Gasteiger partial charge in [0.2, 0.25) is 0 Å². The normalized spacial score (nSPS) is 20.9. The number of alkyl halides is 17. The fraction of sp³-hybridized carbons (Fsp3) is 0.923. The third kappa shape index (κ3) is 3.54. The van der Waals surface area contributed by atoms with Crippen LogP contribution in [0.1, 0.15) is 12.8 Å². The predicted molar refractivity (Wildman–Crippen MR) is 69.1 cm³/mol. The fourth-order valence-corrected chi connectivity index (χ4v) is 2.52. The number of esters is 1. The van der Waals surface area contributed by atoms with Crippen molar-refractivity contribution in [2.45, 2.75) is 59.7 Å². The Morgan fingerprint density at radius 2 is 0.969 bits per heavy atom. The maximum Gasteiger partial charge on any atom is 0.393 e. The van der Waals surface area contributed by atoms with Gasteiger partial charge in [0.25, 0.3) is 0 Å². The van der Waals surface area contributed by atoms with Crippen molar-refractivity contribution in [3.05, 3.63) is 0 Å². The Kier molecular flexibility index (Phi) is 6.79. The standard InChI is InChI=1S/C13H7ClF16O2/c14-13(29,30)12(27,28)11(25,26)10(23,24)9(21,22)8(19,20)7(17,18)6(15,16)4-2-1-3-32-5(4)31/h4H,1-3H2/t4-/m1/s1. The molecule has 0 aliphatic carbocycles. The highest BCUT2D eigenvalue weighted by Crippen LogP contribution is 2.65. The molecule has 1 atom stereocenters. The number of carbonyl (C=O) groups excluding carboxylic acids is 1. The zero-order chi connectivity index (χ0) is 26.0. The summed E-state index contributed by atoms with van der Waals surface area (Å²) in [6, 6.07) is 0. The molecule has 0 aromatic heterocycles. The minimum absolute atomic E-state index is 0.727. The van der Waals surface area contributed by atoms with Gasteiger partial charge in [-0.25, -0.2) is 0 Å². The van der Waals surface area contributed by atoms with Gasteiger partial charge < -0.3 is 4.74 Å². The predicted octanol–water partition coefficient (Wildman–Crippen LogP) is 6.22. The van der Waals surface area contributed by atoms with Crippen LogP contribution < -0.4 is 0 Å². The van der Waals surface area contributed by atoms with Crippen molar-refractivity contribution < 1.29 is 79.8 Å². The van der Waals surface area contributed by atoms with Crippen LogP contribution in [0.3, 0.4) is 0 Å². The zero-order valence-corrected chi connectivity index (χ0v) is 15.2. The first-order valence-electron chi connectivity index (χ1n) is 7.65. The summed E-state index contributed by atoms with van der Waals surface area (Å²) in [4.78, 5) is 11.1. The van der Waals surface area contributed by atoms with E-state index in [1.54, 1.807) is 0 Å². The number of hydrogen-bond donors (Lipinski definition) is 0. The van der Waals surface area contributed by atoms with Crippen molar-refractivity contribution in [2.24, 2.45) is 5.92 Å². The van der Waals surface area contributed by atoms with E-state index < -0.39 is 78.2 Å². The highest BCUT2D eigenvalue weighted by molar-refractivity contribution is 6.22. The summed E-state index contributed by atoms with van der Waals surface area (Å²) >= 11 is 3.41. The quantitative estimate of drug-likeness (QED) is 0.210. The summed E-state index contributed by atoms with van der Waals surface area (Å²) in [6.07, 6.45) is -2.19. The van der Waals surface area contributed by atoms with Crippen LogP contribution in [-0.2, 0) is 9.53 Å². The average Bonchev–Trinajstić information content (AvgIpc) is 2.59. The van der Waals surface area contributed by atoms with E-state index in [9.17, 15) is 75.0 Å². The van der Waals surface area contributed by atoms with Crippen LogP contribution in [0.2, 0.25) is 0 Å². The second-order valence-electron chi connectivity index (χ2n) is 6.43. The summed E-state index contributed by atoms with van der Waals surface area (Å²) in [5.41, 5.74) is 0. The lowest BCUT2D eigenvalue weighted by atomic mass is 9.83. The van der Waals surface area contributed by atoms with Crippen LogP contribution in [0.15, 0.2) is 0 Å². The lowest BCUT2D eigenvalue weighted by Gasteiger charge is -2.44. The summed E-state index contributed by atoms with van der Waals surface area (Å²) in [5, 5.41) is -6.83. The van der Waals surface area contributed by atoms with Gasteiger partial charge in [-0.15, -0.1) is 0 Å². The van der Waals surface area contributed by atoms with Crippen LogP contribution in [-0.4, -0.2) is 59.4 Å². The molecule has 0 unspecified atom stereocenters. The minimum atomic E-state index is -8.54. The van der Waals surface area contributed by atoms with Crippen molar-refractivity contribution in [2.75, 3.05) is 6.61 Å². The highest BCUT2D eigenvalue weighted by Gasteiger charge is 2.95. The second-order valence-corrected chi connectivity index (χ2v) is 6.90. The minimum Gasteiger partial charge on any atom is -0.465 e. The molecular weight excluding hydrogens is 528 g/mol. The first-order valence-corrected chi connectivity index (χ1v) is 8.02. The SMILES string of the molecule is O=C1OCCC[C@H]1C(F)(F)C(F)(F)C(F)(F)C(F)(F)C(F)(F)C(F)(F)C(F)(F)C(F)(F)Cl. The fourth-order valence-electron chi connectivity index (χ4n) is 2.40. The van der Waals surface area contributed by atoms with E-state index in [1.807, 2.05) is 0 Å². The number of carbonyl (C=O) groups is 1. The van der Waals surface area contributed by atoms with Crippen molar-refractivity contribution in [3.8, 4) is 0 Å². The number of cyclic esters (lactones) is 1. The lowest BCUT2D eigenvalue weighted by Crippen LogP contribution is -2.75. The van der Waals surface area contributed by atoms with E-state index in [0.29, 0.717) is 0 Å². The molecule has 32 heavy (non-hydrogen) atoms. The topological polar surface area (TPSA) is 26.3 Å². The Balaban J connectivity index is 3.63. The summed E-state index contributed by atoms with van der Waals surface area (Å²) < 4.78 is 217. The Hall–Kier alpha value is -1.36. The lowest BCUT2D eigenvalue weighted by molar-refractivity contribution is -0.451. The Bertz CT molecular complexity index is 728. The molecule has 19 heteroatoms. The monoisotopic (exact) mass is 534 g/mol. The number of halogens is 17. The smallest absolute Gasteiger partial charge is 0.393 e. The van der Waals surface area contributed by atoms with Gasteiger partial charge in [-0.2, -0.15) is 70.2 Å². The van der Waals surface area contributed by atoms with E-state index in [1.165, 1.54) is 0 Å². The van der Waals surface area contributed by atoms with Crippen molar-refractivity contribution in [1.82, 2.24) is 0 Å². The van der Waals surface area contributed by atoms with Crippen LogP contribution in [0.5, 0.6) is 0 Å². The van der Waals surface area contributed by atoms with Crippen LogP contribution in [0, 0.1) is 5.92 Å². The molecule has 0 spiro atoms. The van der Waals surface area contributed by atoms with E-state index in [-0.39, 0.29) is 0 Å². The van der Waals surface area contributed by atoms with Gasteiger partial charge in [0.15, 0.2) is 0 Å². The molecule has 0 N–H and O–H groups in total. The van der Waals surface area contributed by atoms with Gasteiger partial charge in [0.1, 0.15) is 5.92 Å². The largest absolute Gasteiger partial charge is 0.465 e. The summed E-state index contributed by atoms with van der Waals surface area (Å²) in [5.74, 6) is -62.0. The third-order valence-electron chi connectivity index (χ3n) is 4.35. The van der Waals surface area contributed by atoms with Crippen molar-refractivity contribution >= 4 is 17.6 Å². The van der Waals surface area contributed by atoms with Crippen LogP contribution >= 0.6 is 11.6 Å². The molecule has 1 saturated heterocycles. The van der Waals surface area contributed by atoms with Gasteiger partial charge in [-0.1, -0.05) is 0 Å². The van der Waals surface area contributed by atoms with Crippen LogP contribution in [0.25, 0.3) is 0 Å². The Morgan fingerprint density at radius 1 is 0.625 bits per heavy atom. The molecule has 0 aromatic carbocycles. The molecule has 190 valence electrons. The van der Waals surface area contributed by atoms with E-state index >= 15 is 0 Å². The molecule has 0 bridgehead atoms. The molecule has 1 aliphatic rings. The van der Waals surface area contributed by atoms with Gasteiger partial charge in [-0.05, 0) is 24.4 Å². The first-order chi connectivity index (χ1) is 13.8. The summed E-state index contributed by atoms with van der Waals surface area (Å²) in [7, 11) is 0. The molecule has 1 heterocycles. The average molecular weight is 535 g/mol. The molecular formula is C13H7ClF16O2. The molecule has 2 nitrogen and oxygen atoms in total. The summed E-state index contributed by atoms with van der Waals surface area (Å²) in [6.45, 7) is -0.727.